The van der Waals surface area contributed by atoms with Gasteiger partial charge in [-0.15, -0.1) is 0 Å². The summed E-state index contributed by atoms with van der Waals surface area (Å²) < 4.78 is 27.8. The SMILES string of the molecule is O=C1CCCCc2cccc(c2)-c2cccc(n2)C(=O)N[C@@H]2C[C@H]3C(=O)NC4(C(=O)NS(=O)(=O)C5CC5)C[C@H]4/C=C\CCCCC[C@H](N1)C(=O)N3C2. The predicted octanol–water partition coefficient (Wildman–Crippen LogP) is 2.66. The summed E-state index contributed by atoms with van der Waals surface area (Å²) in [5, 5.41) is 8.16. The number of allylic oxidation sites excluding steroid dienone is 1. The van der Waals surface area contributed by atoms with E-state index in [2.05, 4.69) is 25.7 Å². The number of amides is 5. The summed E-state index contributed by atoms with van der Waals surface area (Å²) in [5.41, 5.74) is 1.27. The molecule has 14 heteroatoms. The lowest BCUT2D eigenvalue weighted by Crippen LogP contribution is -2.58. The smallest absolute Gasteiger partial charge is 0.270 e. The molecular formula is C38H46N6O7S. The number of hydrogen-bond donors (Lipinski definition) is 4. The van der Waals surface area contributed by atoms with Crippen LogP contribution in [0.2, 0.25) is 0 Å². The van der Waals surface area contributed by atoms with E-state index in [1.165, 1.54) is 4.90 Å². The molecule has 7 rings (SSSR count). The van der Waals surface area contributed by atoms with E-state index in [1.807, 2.05) is 42.5 Å². The van der Waals surface area contributed by atoms with Crippen molar-refractivity contribution in [1.82, 2.24) is 30.6 Å². The molecule has 2 saturated carbocycles. The van der Waals surface area contributed by atoms with Crippen LogP contribution < -0.4 is 20.7 Å². The highest BCUT2D eigenvalue weighted by atomic mass is 32.2. The molecule has 4 heterocycles. The second-order valence-corrected chi connectivity index (χ2v) is 16.8. The third-order valence-corrected chi connectivity index (χ3v) is 12.7. The molecule has 4 N–H and O–H groups in total. The molecule has 5 atom stereocenters. The van der Waals surface area contributed by atoms with Crippen LogP contribution in [0, 0.1) is 5.92 Å². The third kappa shape index (κ3) is 7.91. The van der Waals surface area contributed by atoms with Crippen LogP contribution in [0.4, 0.5) is 0 Å². The van der Waals surface area contributed by atoms with Gasteiger partial charge >= 0.3 is 0 Å². The van der Waals surface area contributed by atoms with Gasteiger partial charge < -0.3 is 20.9 Å². The number of aromatic nitrogens is 1. The minimum absolute atomic E-state index is 0.00461. The molecule has 7 bridgehead atoms. The summed E-state index contributed by atoms with van der Waals surface area (Å²) in [6.07, 6.45) is 10.8. The Morgan fingerprint density at radius 2 is 1.69 bits per heavy atom. The number of hydrogen-bond acceptors (Lipinski definition) is 8. The van der Waals surface area contributed by atoms with Crippen molar-refractivity contribution in [2.45, 2.75) is 112 Å². The van der Waals surface area contributed by atoms with Crippen LogP contribution in [0.25, 0.3) is 11.3 Å². The van der Waals surface area contributed by atoms with Gasteiger partial charge in [0.1, 0.15) is 23.3 Å². The Bertz CT molecular complexity index is 1890. The number of pyridine rings is 1. The Balaban J connectivity index is 1.20. The molecule has 13 nitrogen and oxygen atoms in total. The van der Waals surface area contributed by atoms with Crippen LogP contribution in [0.1, 0.15) is 93.1 Å². The van der Waals surface area contributed by atoms with E-state index >= 15 is 0 Å². The molecule has 1 aromatic carbocycles. The minimum atomic E-state index is -3.88. The molecule has 1 aromatic heterocycles. The number of sulfonamides is 1. The third-order valence-electron chi connectivity index (χ3n) is 10.9. The van der Waals surface area contributed by atoms with Gasteiger partial charge in [0.15, 0.2) is 0 Å². The maximum atomic E-state index is 14.4. The molecule has 2 aromatic rings. The van der Waals surface area contributed by atoms with Gasteiger partial charge in [-0.3, -0.25) is 28.7 Å². The zero-order chi connectivity index (χ0) is 36.5. The molecule has 1 unspecified atom stereocenters. The quantitative estimate of drug-likeness (QED) is 0.348. The molecular weight excluding hydrogens is 685 g/mol. The Hall–Kier alpha value is -4.59. The van der Waals surface area contributed by atoms with E-state index in [4.69, 9.17) is 0 Å². The maximum Gasteiger partial charge on any atom is 0.270 e. The normalized spacial score (nSPS) is 29.4. The van der Waals surface area contributed by atoms with Crippen molar-refractivity contribution in [3.63, 3.8) is 0 Å². The van der Waals surface area contributed by atoms with Gasteiger partial charge in [0.2, 0.25) is 27.7 Å². The maximum absolute atomic E-state index is 14.4. The van der Waals surface area contributed by atoms with E-state index in [9.17, 15) is 32.4 Å². The van der Waals surface area contributed by atoms with E-state index in [1.54, 1.807) is 12.1 Å². The molecule has 276 valence electrons. The second-order valence-electron chi connectivity index (χ2n) is 14.9. The lowest BCUT2D eigenvalue weighted by molar-refractivity contribution is -0.142. The highest BCUT2D eigenvalue weighted by Gasteiger charge is 2.62. The topological polar surface area (TPSA) is 184 Å². The van der Waals surface area contributed by atoms with E-state index in [0.717, 1.165) is 36.8 Å². The van der Waals surface area contributed by atoms with Crippen molar-refractivity contribution in [1.29, 1.82) is 0 Å². The monoisotopic (exact) mass is 730 g/mol. The van der Waals surface area contributed by atoms with Crippen LogP contribution in [0.5, 0.6) is 0 Å². The number of aryl methyl sites for hydroxylation is 1. The number of fused-ring (bicyclic) bond motifs is 8. The molecule has 52 heavy (non-hydrogen) atoms. The van der Waals surface area contributed by atoms with Gasteiger partial charge in [0, 0.05) is 30.5 Å². The zero-order valence-corrected chi connectivity index (χ0v) is 30.0. The summed E-state index contributed by atoms with van der Waals surface area (Å²) in [7, 11) is -3.88. The highest BCUT2D eigenvalue weighted by Crippen LogP contribution is 2.46. The Morgan fingerprint density at radius 3 is 2.52 bits per heavy atom. The largest absolute Gasteiger partial charge is 0.346 e. The van der Waals surface area contributed by atoms with Gasteiger partial charge in [0.05, 0.1) is 10.9 Å². The number of carbonyl (C=O) groups is 5. The first-order chi connectivity index (χ1) is 25.0. The van der Waals surface area contributed by atoms with Crippen LogP contribution in [-0.2, 0) is 35.6 Å². The fourth-order valence-electron chi connectivity index (χ4n) is 7.65. The zero-order valence-electron chi connectivity index (χ0n) is 29.1. The number of nitrogens with one attached hydrogen (secondary N) is 4. The molecule has 3 fully saturated rings. The van der Waals surface area contributed by atoms with Gasteiger partial charge in [0.25, 0.3) is 11.8 Å². The number of benzene rings is 1. The van der Waals surface area contributed by atoms with Gasteiger partial charge in [-0.1, -0.05) is 49.3 Å². The Morgan fingerprint density at radius 1 is 0.904 bits per heavy atom. The highest BCUT2D eigenvalue weighted by molar-refractivity contribution is 7.91. The first-order valence-corrected chi connectivity index (χ1v) is 20.1. The van der Waals surface area contributed by atoms with Crippen molar-refractivity contribution < 1.29 is 32.4 Å². The lowest BCUT2D eigenvalue weighted by atomic mass is 10.0. The molecule has 5 aliphatic rings. The van der Waals surface area contributed by atoms with E-state index < -0.39 is 68.5 Å². The van der Waals surface area contributed by atoms with Crippen LogP contribution in [0.3, 0.4) is 0 Å². The van der Waals surface area contributed by atoms with Crippen molar-refractivity contribution in [3.05, 3.63) is 65.9 Å². The van der Waals surface area contributed by atoms with Gasteiger partial charge in [-0.2, -0.15) is 0 Å². The van der Waals surface area contributed by atoms with Crippen molar-refractivity contribution >= 4 is 39.6 Å². The Labute approximate surface area is 303 Å². The van der Waals surface area contributed by atoms with Crippen LogP contribution in [-0.4, -0.2) is 83.3 Å². The average molecular weight is 731 g/mol. The van der Waals surface area contributed by atoms with Crippen molar-refractivity contribution in [2.75, 3.05) is 6.54 Å². The van der Waals surface area contributed by atoms with E-state index in [0.29, 0.717) is 44.2 Å². The van der Waals surface area contributed by atoms with Crippen LogP contribution in [0.15, 0.2) is 54.6 Å². The summed E-state index contributed by atoms with van der Waals surface area (Å²) in [4.78, 5) is 75.2. The average Bonchev–Trinajstić information content (AvgIpc) is 4.05. The fourth-order valence-corrected chi connectivity index (χ4v) is 9.02. The number of carbonyl (C=O) groups excluding carboxylic acids is 5. The van der Waals surface area contributed by atoms with E-state index in [-0.39, 0.29) is 37.4 Å². The fraction of sp³-hybridized carbons (Fsp3) is 0.526. The lowest BCUT2D eigenvalue weighted by Gasteiger charge is -2.30. The number of nitrogens with zero attached hydrogens (tertiary/aromatic N) is 2. The van der Waals surface area contributed by atoms with Crippen molar-refractivity contribution in [3.8, 4) is 11.3 Å². The predicted molar refractivity (Wildman–Crippen MR) is 192 cm³/mol. The molecule has 2 aliphatic carbocycles. The summed E-state index contributed by atoms with van der Waals surface area (Å²) in [6.45, 7) is -0.00461. The standard InChI is InChI=1S/C38H46N6O7S/c45-33-17-7-6-10-24-11-8-12-25(20-24)29-15-9-16-30(40-29)34(46)39-27-21-32-35(47)42-38(37(49)43-52(50,51)28-18-19-28)22-26(38)13-4-2-1-3-5-14-31(41-33)36(48)44(32)23-27/h4,8-9,11-13,15-16,20,26-28,31-32H,1-3,5-7,10,14,17-19,21-23H2,(H,39,46)(H,41,45)(H,42,47)(H,43,49)/b13-4-/t26-,27-,31+,32+,38?/m1/s1. The van der Waals surface area contributed by atoms with Crippen LogP contribution >= 0.6 is 0 Å². The minimum Gasteiger partial charge on any atom is -0.346 e. The molecule has 0 radical (unpaired) electrons. The van der Waals surface area contributed by atoms with Gasteiger partial charge in [-0.25, -0.2) is 13.4 Å². The molecule has 5 amide bonds. The molecule has 3 aliphatic heterocycles. The summed E-state index contributed by atoms with van der Waals surface area (Å²) >= 11 is 0. The first kappa shape index (κ1) is 35.8. The molecule has 1 saturated heterocycles. The van der Waals surface area contributed by atoms with Gasteiger partial charge in [-0.05, 0) is 88.0 Å². The summed E-state index contributed by atoms with van der Waals surface area (Å²) in [6, 6.07) is 10.5. The number of rotatable bonds is 3. The summed E-state index contributed by atoms with van der Waals surface area (Å²) in [5.74, 6) is -2.98. The van der Waals surface area contributed by atoms with Crippen molar-refractivity contribution in [2.24, 2.45) is 5.92 Å². The second kappa shape index (κ2) is 14.8. The molecule has 0 spiro atoms. The first-order valence-electron chi connectivity index (χ1n) is 18.5. The Kier molecular flexibility index (Phi) is 10.2.